The molecule has 0 unspecified atom stereocenters. The molecule has 3 nitrogen and oxygen atoms in total. The molecule has 0 heterocycles. The SMILES string of the molecule is O=[N+]([O-])c1cc(C(F)(F)F)cc(CBr)c1C(F)(F)F. The Bertz CT molecular complexity index is 511. The lowest BCUT2D eigenvalue weighted by molar-refractivity contribution is -0.388. The van der Waals surface area contributed by atoms with Crippen LogP contribution in [0, 0.1) is 10.1 Å². The molecule has 0 aromatic heterocycles. The number of hydrogen-bond acceptors (Lipinski definition) is 2. The van der Waals surface area contributed by atoms with E-state index in [1.54, 1.807) is 0 Å². The second-order valence-corrected chi connectivity index (χ2v) is 3.98. The smallest absolute Gasteiger partial charge is 0.258 e. The van der Waals surface area contributed by atoms with E-state index in [1.807, 2.05) is 0 Å². The third-order valence-electron chi connectivity index (χ3n) is 2.15. The summed E-state index contributed by atoms with van der Waals surface area (Å²) in [6, 6.07) is 0.125. The van der Waals surface area contributed by atoms with E-state index >= 15 is 0 Å². The van der Waals surface area contributed by atoms with Gasteiger partial charge in [-0.1, -0.05) is 15.9 Å². The van der Waals surface area contributed by atoms with E-state index in [2.05, 4.69) is 15.9 Å². The lowest BCUT2D eigenvalue weighted by atomic mass is 10.0. The van der Waals surface area contributed by atoms with E-state index in [0.717, 1.165) is 0 Å². The van der Waals surface area contributed by atoms with Crippen LogP contribution in [0.2, 0.25) is 0 Å². The predicted octanol–water partition coefficient (Wildman–Crippen LogP) is 4.53. The summed E-state index contributed by atoms with van der Waals surface area (Å²) in [5.41, 5.74) is -5.63. The molecule has 0 aliphatic heterocycles. The minimum Gasteiger partial charge on any atom is -0.258 e. The molecular formula is C9H4BrF6NO2. The lowest BCUT2D eigenvalue weighted by Crippen LogP contribution is -2.15. The van der Waals surface area contributed by atoms with Gasteiger partial charge in [0.1, 0.15) is 5.56 Å². The predicted molar refractivity (Wildman–Crippen MR) is 55.7 cm³/mol. The summed E-state index contributed by atoms with van der Waals surface area (Å²) < 4.78 is 75.4. The first kappa shape index (κ1) is 15.7. The molecule has 19 heavy (non-hydrogen) atoms. The monoisotopic (exact) mass is 351 g/mol. The largest absolute Gasteiger partial charge is 0.423 e. The highest BCUT2D eigenvalue weighted by Crippen LogP contribution is 2.42. The van der Waals surface area contributed by atoms with Crippen molar-refractivity contribution in [3.8, 4) is 0 Å². The second-order valence-electron chi connectivity index (χ2n) is 3.42. The first-order valence-electron chi connectivity index (χ1n) is 4.50. The Hall–Kier alpha value is -1.32. The molecule has 0 saturated heterocycles. The van der Waals surface area contributed by atoms with Gasteiger partial charge in [-0.05, 0) is 11.6 Å². The molecule has 0 bridgehead atoms. The third kappa shape index (κ3) is 3.37. The van der Waals surface area contributed by atoms with Crippen LogP contribution < -0.4 is 0 Å². The molecule has 0 aliphatic carbocycles. The standard InChI is InChI=1S/C9H4BrF6NO2/c10-3-4-1-5(8(11,12)13)2-6(17(18)19)7(4)9(14,15)16/h1-2H,3H2. The molecule has 10 heteroatoms. The van der Waals surface area contributed by atoms with Crippen LogP contribution in [0.4, 0.5) is 32.0 Å². The summed E-state index contributed by atoms with van der Waals surface area (Å²) in [5, 5.41) is 9.95. The van der Waals surface area contributed by atoms with Gasteiger partial charge in [0.25, 0.3) is 5.69 Å². The van der Waals surface area contributed by atoms with Crippen LogP contribution in [0.25, 0.3) is 0 Å². The van der Waals surface area contributed by atoms with Gasteiger partial charge in [0.2, 0.25) is 0 Å². The zero-order chi connectivity index (χ0) is 15.0. The van der Waals surface area contributed by atoms with Gasteiger partial charge in [-0.15, -0.1) is 0 Å². The van der Waals surface area contributed by atoms with Crippen molar-refractivity contribution >= 4 is 21.6 Å². The number of halogens is 7. The Morgan fingerprint density at radius 3 is 1.95 bits per heavy atom. The Morgan fingerprint density at radius 2 is 1.63 bits per heavy atom. The molecule has 1 aromatic carbocycles. The van der Waals surface area contributed by atoms with Crippen molar-refractivity contribution in [3.05, 3.63) is 38.9 Å². The van der Waals surface area contributed by atoms with Crippen LogP contribution in [0.15, 0.2) is 12.1 Å². The van der Waals surface area contributed by atoms with E-state index in [9.17, 15) is 36.5 Å². The number of nitro groups is 1. The Morgan fingerprint density at radius 1 is 1.11 bits per heavy atom. The molecule has 1 aromatic rings. The maximum Gasteiger partial charge on any atom is 0.423 e. The molecule has 0 amide bonds. The number of benzene rings is 1. The number of nitro benzene ring substituents is 1. The summed E-state index contributed by atoms with van der Waals surface area (Å²) in [7, 11) is 0. The molecule has 0 spiro atoms. The summed E-state index contributed by atoms with van der Waals surface area (Å²) in [4.78, 5) is 9.06. The van der Waals surface area contributed by atoms with Crippen LogP contribution in [0.1, 0.15) is 16.7 Å². The number of alkyl halides is 7. The van der Waals surface area contributed by atoms with E-state index in [-0.39, 0.29) is 12.1 Å². The van der Waals surface area contributed by atoms with Crippen molar-refractivity contribution in [2.45, 2.75) is 17.7 Å². The fourth-order valence-corrected chi connectivity index (χ4v) is 1.87. The van der Waals surface area contributed by atoms with Gasteiger partial charge in [0.05, 0.1) is 10.5 Å². The number of nitrogens with zero attached hydrogens (tertiary/aromatic N) is 1. The lowest BCUT2D eigenvalue weighted by Gasteiger charge is -2.14. The van der Waals surface area contributed by atoms with Crippen LogP contribution in [0.5, 0.6) is 0 Å². The van der Waals surface area contributed by atoms with E-state index < -0.39 is 45.0 Å². The summed E-state index contributed by atoms with van der Waals surface area (Å²) in [6.45, 7) is 0. The average molecular weight is 352 g/mol. The highest BCUT2D eigenvalue weighted by molar-refractivity contribution is 9.08. The fourth-order valence-electron chi connectivity index (χ4n) is 1.43. The normalized spacial score (nSPS) is 12.6. The Balaban J connectivity index is 3.69. The summed E-state index contributed by atoms with van der Waals surface area (Å²) in [6.07, 6.45) is -10.1. The van der Waals surface area contributed by atoms with Gasteiger partial charge in [0.15, 0.2) is 0 Å². The van der Waals surface area contributed by atoms with Gasteiger partial charge < -0.3 is 0 Å². The zero-order valence-corrected chi connectivity index (χ0v) is 10.4. The van der Waals surface area contributed by atoms with Gasteiger partial charge in [-0.2, -0.15) is 26.3 Å². The van der Waals surface area contributed by atoms with Crippen molar-refractivity contribution in [2.75, 3.05) is 0 Å². The number of rotatable bonds is 2. The molecule has 106 valence electrons. The highest BCUT2D eigenvalue weighted by Gasteiger charge is 2.43. The molecular weight excluding hydrogens is 348 g/mol. The van der Waals surface area contributed by atoms with Gasteiger partial charge in [-0.3, -0.25) is 10.1 Å². The van der Waals surface area contributed by atoms with Crippen LogP contribution in [0.3, 0.4) is 0 Å². The van der Waals surface area contributed by atoms with Crippen LogP contribution in [-0.2, 0) is 17.7 Å². The Labute approximate surface area is 110 Å². The molecule has 0 fully saturated rings. The number of hydrogen-bond donors (Lipinski definition) is 0. The van der Waals surface area contributed by atoms with Gasteiger partial charge >= 0.3 is 12.4 Å². The topological polar surface area (TPSA) is 43.1 Å². The first-order valence-corrected chi connectivity index (χ1v) is 5.62. The second kappa shape index (κ2) is 4.99. The molecule has 0 N–H and O–H groups in total. The summed E-state index contributed by atoms with van der Waals surface area (Å²) in [5.74, 6) is 0. The van der Waals surface area contributed by atoms with Gasteiger partial charge in [0, 0.05) is 11.4 Å². The minimum atomic E-state index is -5.12. The highest BCUT2D eigenvalue weighted by atomic mass is 79.9. The van der Waals surface area contributed by atoms with Crippen molar-refractivity contribution < 1.29 is 31.3 Å². The van der Waals surface area contributed by atoms with Crippen molar-refractivity contribution in [3.63, 3.8) is 0 Å². The van der Waals surface area contributed by atoms with Crippen LogP contribution >= 0.6 is 15.9 Å². The molecule has 0 atom stereocenters. The fraction of sp³-hybridized carbons (Fsp3) is 0.333. The Kier molecular flexibility index (Phi) is 4.13. The van der Waals surface area contributed by atoms with E-state index in [1.165, 1.54) is 0 Å². The maximum atomic E-state index is 12.7. The van der Waals surface area contributed by atoms with Crippen molar-refractivity contribution in [1.29, 1.82) is 0 Å². The maximum absolute atomic E-state index is 12.7. The van der Waals surface area contributed by atoms with Crippen molar-refractivity contribution in [2.24, 2.45) is 0 Å². The van der Waals surface area contributed by atoms with Crippen LogP contribution in [-0.4, -0.2) is 4.92 Å². The van der Waals surface area contributed by atoms with E-state index in [0.29, 0.717) is 0 Å². The van der Waals surface area contributed by atoms with Gasteiger partial charge in [-0.25, -0.2) is 0 Å². The zero-order valence-electron chi connectivity index (χ0n) is 8.77. The van der Waals surface area contributed by atoms with E-state index in [4.69, 9.17) is 0 Å². The summed E-state index contributed by atoms with van der Waals surface area (Å²) >= 11 is 2.60. The average Bonchev–Trinajstić information content (AvgIpc) is 2.24. The van der Waals surface area contributed by atoms with Crippen molar-refractivity contribution in [1.82, 2.24) is 0 Å². The molecule has 0 aliphatic rings. The minimum absolute atomic E-state index is 0.116. The first-order chi connectivity index (χ1) is 8.48. The quantitative estimate of drug-likeness (QED) is 0.340. The molecule has 1 rings (SSSR count). The molecule has 0 saturated carbocycles. The third-order valence-corrected chi connectivity index (χ3v) is 2.75. The molecule has 0 radical (unpaired) electrons.